The molecule has 0 aliphatic heterocycles. The van der Waals surface area contributed by atoms with Gasteiger partial charge in [-0.25, -0.2) is 4.98 Å². The Bertz CT molecular complexity index is 599. The lowest BCUT2D eigenvalue weighted by atomic mass is 9.91. The van der Waals surface area contributed by atoms with Crippen molar-refractivity contribution in [2.75, 3.05) is 11.1 Å². The molecule has 2 aromatic rings. The Morgan fingerprint density at radius 1 is 1.13 bits per heavy atom. The van der Waals surface area contributed by atoms with Crippen molar-refractivity contribution in [3.8, 4) is 0 Å². The van der Waals surface area contributed by atoms with E-state index in [1.54, 1.807) is 12.3 Å². The highest BCUT2D eigenvalue weighted by molar-refractivity contribution is 5.45. The summed E-state index contributed by atoms with van der Waals surface area (Å²) in [4.78, 5) is 8.21. The number of nitrogen functional groups attached to an aromatic ring is 1. The summed E-state index contributed by atoms with van der Waals surface area (Å²) in [6.07, 6.45) is 8.07. The second-order valence-electron chi connectivity index (χ2n) is 5.62. The van der Waals surface area contributed by atoms with E-state index in [1.165, 1.54) is 18.4 Å². The Hall–Kier alpha value is -2.40. The molecule has 3 rings (SSSR count). The first-order valence-electron chi connectivity index (χ1n) is 7.97. The van der Waals surface area contributed by atoms with Gasteiger partial charge in [0.25, 0.3) is 0 Å². The number of hydrogen-bond donors (Lipinski definition) is 3. The Kier molecular flexibility index (Phi) is 6.56. The zero-order valence-corrected chi connectivity index (χ0v) is 13.4. The van der Waals surface area contributed by atoms with Crippen molar-refractivity contribution in [1.82, 2.24) is 9.97 Å². The number of benzene rings is 1. The van der Waals surface area contributed by atoms with E-state index in [4.69, 9.17) is 11.5 Å². The summed E-state index contributed by atoms with van der Waals surface area (Å²) in [5.74, 6) is 1.06. The van der Waals surface area contributed by atoms with E-state index in [0.29, 0.717) is 11.8 Å². The molecule has 23 heavy (non-hydrogen) atoms. The zero-order valence-electron chi connectivity index (χ0n) is 13.4. The summed E-state index contributed by atoms with van der Waals surface area (Å²) in [5, 5.41) is 3.24. The number of rotatable bonds is 3. The molecule has 5 heteroatoms. The molecule has 1 aliphatic rings. The minimum Gasteiger partial charge on any atom is -0.384 e. The Balaban J connectivity index is 0.000000203. The van der Waals surface area contributed by atoms with Crippen LogP contribution in [0.1, 0.15) is 31.2 Å². The molecule has 2 atom stereocenters. The van der Waals surface area contributed by atoms with Gasteiger partial charge in [-0.2, -0.15) is 4.98 Å². The predicted octanol–water partition coefficient (Wildman–Crippen LogP) is 3.07. The maximum absolute atomic E-state index is 6.02. The van der Waals surface area contributed by atoms with Gasteiger partial charge in [0.2, 0.25) is 5.95 Å². The van der Waals surface area contributed by atoms with Crippen molar-refractivity contribution in [2.24, 2.45) is 5.73 Å². The van der Waals surface area contributed by atoms with Gasteiger partial charge in [-0.05, 0) is 24.5 Å². The van der Waals surface area contributed by atoms with Crippen LogP contribution in [-0.4, -0.2) is 22.1 Å². The molecular formula is C18H25N5. The highest BCUT2D eigenvalue weighted by Crippen LogP contribution is 2.19. The molecular weight excluding hydrogens is 286 g/mol. The monoisotopic (exact) mass is 311 g/mol. The van der Waals surface area contributed by atoms with Gasteiger partial charge in [0.05, 0.1) is 0 Å². The number of hydrogen-bond acceptors (Lipinski definition) is 5. The Morgan fingerprint density at radius 3 is 2.48 bits per heavy atom. The van der Waals surface area contributed by atoms with Crippen LogP contribution in [-0.2, 0) is 0 Å². The van der Waals surface area contributed by atoms with Crippen molar-refractivity contribution in [1.29, 1.82) is 0 Å². The van der Waals surface area contributed by atoms with Gasteiger partial charge in [-0.1, -0.05) is 55.8 Å². The maximum Gasteiger partial charge on any atom is 0.224 e. The topological polar surface area (TPSA) is 89.8 Å². The molecule has 1 aromatic carbocycles. The molecule has 122 valence electrons. The molecule has 1 aliphatic carbocycles. The standard InChI is InChI=1S/C10H17N5.C8H8/c11-7-3-1-2-4-8(7)14-10-13-6-5-9(12)15-10;1-2-8-6-4-3-5-7-8/h5-8H,1-4,11H2,(H3,12,13,14,15);2-7H,1H2. The quantitative estimate of drug-likeness (QED) is 0.810. The molecule has 1 heterocycles. The van der Waals surface area contributed by atoms with Gasteiger partial charge < -0.3 is 16.8 Å². The summed E-state index contributed by atoms with van der Waals surface area (Å²) in [6, 6.07) is 12.2. The fourth-order valence-corrected chi connectivity index (χ4v) is 2.54. The molecule has 5 N–H and O–H groups in total. The summed E-state index contributed by atoms with van der Waals surface area (Å²) in [6.45, 7) is 3.63. The summed E-state index contributed by atoms with van der Waals surface area (Å²) in [7, 11) is 0. The van der Waals surface area contributed by atoms with Gasteiger partial charge >= 0.3 is 0 Å². The van der Waals surface area contributed by atoms with Crippen LogP contribution in [0, 0.1) is 0 Å². The van der Waals surface area contributed by atoms with Gasteiger partial charge in [-0.3, -0.25) is 0 Å². The van der Waals surface area contributed by atoms with Crippen LogP contribution in [0.5, 0.6) is 0 Å². The molecule has 1 aromatic heterocycles. The lowest BCUT2D eigenvalue weighted by Gasteiger charge is -2.29. The average molecular weight is 311 g/mol. The average Bonchev–Trinajstić information content (AvgIpc) is 2.58. The van der Waals surface area contributed by atoms with Crippen molar-refractivity contribution < 1.29 is 0 Å². The smallest absolute Gasteiger partial charge is 0.224 e. The molecule has 5 nitrogen and oxygen atoms in total. The zero-order chi connectivity index (χ0) is 16.5. The highest BCUT2D eigenvalue weighted by atomic mass is 15.1. The van der Waals surface area contributed by atoms with Crippen molar-refractivity contribution in [3.05, 3.63) is 54.7 Å². The largest absolute Gasteiger partial charge is 0.384 e. The van der Waals surface area contributed by atoms with E-state index in [0.717, 1.165) is 12.8 Å². The first-order chi connectivity index (χ1) is 11.2. The minimum atomic E-state index is 0.198. The number of nitrogens with one attached hydrogen (secondary N) is 1. The molecule has 0 saturated heterocycles. The lowest BCUT2D eigenvalue weighted by molar-refractivity contribution is 0.402. The summed E-state index contributed by atoms with van der Waals surface area (Å²) < 4.78 is 0. The number of nitrogens with zero attached hydrogens (tertiary/aromatic N) is 2. The second-order valence-corrected chi connectivity index (χ2v) is 5.62. The first kappa shape index (κ1) is 17.0. The third-order valence-corrected chi connectivity index (χ3v) is 3.85. The third kappa shape index (κ3) is 5.71. The van der Waals surface area contributed by atoms with Crippen LogP contribution in [0.25, 0.3) is 6.08 Å². The Labute approximate surface area is 137 Å². The van der Waals surface area contributed by atoms with Crippen LogP contribution >= 0.6 is 0 Å². The van der Waals surface area contributed by atoms with E-state index in [2.05, 4.69) is 21.9 Å². The lowest BCUT2D eigenvalue weighted by Crippen LogP contribution is -2.42. The van der Waals surface area contributed by atoms with Crippen molar-refractivity contribution >= 4 is 17.8 Å². The molecule has 0 bridgehead atoms. The number of aromatic nitrogens is 2. The van der Waals surface area contributed by atoms with E-state index in [1.807, 2.05) is 36.4 Å². The van der Waals surface area contributed by atoms with Gasteiger partial charge in [0.15, 0.2) is 0 Å². The van der Waals surface area contributed by atoms with Crippen molar-refractivity contribution in [2.45, 2.75) is 37.8 Å². The molecule has 1 fully saturated rings. The predicted molar refractivity (Wildman–Crippen MR) is 96.8 cm³/mol. The van der Waals surface area contributed by atoms with Gasteiger partial charge in [-0.15, -0.1) is 0 Å². The SMILES string of the molecule is C=Cc1ccccc1.Nc1ccnc(NC2CCCCC2N)n1. The van der Waals surface area contributed by atoms with Crippen LogP contribution in [0.2, 0.25) is 0 Å². The van der Waals surface area contributed by atoms with Gasteiger partial charge in [0.1, 0.15) is 5.82 Å². The molecule has 2 unspecified atom stereocenters. The van der Waals surface area contributed by atoms with Crippen LogP contribution in [0.3, 0.4) is 0 Å². The summed E-state index contributed by atoms with van der Waals surface area (Å²) >= 11 is 0. The minimum absolute atomic E-state index is 0.198. The number of nitrogens with two attached hydrogens (primary N) is 2. The van der Waals surface area contributed by atoms with E-state index >= 15 is 0 Å². The molecule has 0 amide bonds. The third-order valence-electron chi connectivity index (χ3n) is 3.85. The molecule has 1 saturated carbocycles. The normalized spacial score (nSPS) is 20.0. The van der Waals surface area contributed by atoms with E-state index in [-0.39, 0.29) is 12.1 Å². The highest BCUT2D eigenvalue weighted by Gasteiger charge is 2.22. The van der Waals surface area contributed by atoms with Gasteiger partial charge in [0, 0.05) is 18.3 Å². The van der Waals surface area contributed by atoms with E-state index < -0.39 is 0 Å². The fraction of sp³-hybridized carbons (Fsp3) is 0.333. The second kappa shape index (κ2) is 8.90. The summed E-state index contributed by atoms with van der Waals surface area (Å²) in [5.41, 5.74) is 12.8. The molecule has 0 spiro atoms. The maximum atomic E-state index is 6.02. The molecule has 0 radical (unpaired) electrons. The number of anilines is 2. The Morgan fingerprint density at radius 2 is 1.87 bits per heavy atom. The fourth-order valence-electron chi connectivity index (χ4n) is 2.54. The first-order valence-corrected chi connectivity index (χ1v) is 7.97. The van der Waals surface area contributed by atoms with Crippen LogP contribution < -0.4 is 16.8 Å². The van der Waals surface area contributed by atoms with Crippen molar-refractivity contribution in [3.63, 3.8) is 0 Å². The van der Waals surface area contributed by atoms with Crippen LogP contribution in [0.4, 0.5) is 11.8 Å². The van der Waals surface area contributed by atoms with E-state index in [9.17, 15) is 0 Å². The van der Waals surface area contributed by atoms with Crippen LogP contribution in [0.15, 0.2) is 49.2 Å².